The Morgan fingerprint density at radius 2 is 2.11 bits per heavy atom. The molecule has 0 spiro atoms. The number of nitrogens with zero attached hydrogens (tertiary/aromatic N) is 1. The van der Waals surface area contributed by atoms with Crippen LogP contribution in [0.25, 0.3) is 0 Å². The maximum absolute atomic E-state index is 5.86. The van der Waals surface area contributed by atoms with Crippen LogP contribution in [0, 0.1) is 5.92 Å². The van der Waals surface area contributed by atoms with Gasteiger partial charge in [0.2, 0.25) is 0 Å². The molecule has 3 nitrogen and oxygen atoms in total. The van der Waals surface area contributed by atoms with Gasteiger partial charge in [0.25, 0.3) is 0 Å². The molecule has 0 aromatic carbocycles. The number of rotatable bonds is 8. The Kier molecular flexibility index (Phi) is 6.73. The Morgan fingerprint density at radius 3 is 2.78 bits per heavy atom. The zero-order valence-corrected chi connectivity index (χ0v) is 12.1. The van der Waals surface area contributed by atoms with Crippen molar-refractivity contribution in [1.82, 2.24) is 10.3 Å². The summed E-state index contributed by atoms with van der Waals surface area (Å²) in [6.07, 6.45) is 4.33. The molecule has 0 amide bonds. The lowest BCUT2D eigenvalue weighted by molar-refractivity contribution is 0.209. The van der Waals surface area contributed by atoms with E-state index in [0.29, 0.717) is 5.92 Å². The first-order valence-corrected chi connectivity index (χ1v) is 6.94. The largest absolute Gasteiger partial charge is 0.491 e. The minimum Gasteiger partial charge on any atom is -0.491 e. The topological polar surface area (TPSA) is 34.1 Å². The van der Waals surface area contributed by atoms with Crippen molar-refractivity contribution in [3.63, 3.8) is 0 Å². The van der Waals surface area contributed by atoms with E-state index in [1.54, 1.807) is 0 Å². The molecule has 0 aliphatic carbocycles. The molecule has 0 saturated heterocycles. The summed E-state index contributed by atoms with van der Waals surface area (Å²) in [7, 11) is 0. The first kappa shape index (κ1) is 15.0. The van der Waals surface area contributed by atoms with E-state index in [2.05, 4.69) is 38.0 Å². The minimum absolute atomic E-state index is 0.272. The highest BCUT2D eigenvalue weighted by atomic mass is 16.5. The Morgan fingerprint density at radius 1 is 1.33 bits per heavy atom. The van der Waals surface area contributed by atoms with Gasteiger partial charge in [0.05, 0.1) is 11.8 Å². The van der Waals surface area contributed by atoms with Crippen LogP contribution in [0.5, 0.6) is 5.75 Å². The van der Waals surface area contributed by atoms with Crippen molar-refractivity contribution in [2.45, 2.75) is 53.2 Å². The average Bonchev–Trinajstić information content (AvgIpc) is 2.29. The second-order valence-electron chi connectivity index (χ2n) is 5.22. The van der Waals surface area contributed by atoms with Crippen molar-refractivity contribution in [1.29, 1.82) is 0 Å². The van der Waals surface area contributed by atoms with Crippen molar-refractivity contribution in [2.75, 3.05) is 6.54 Å². The summed E-state index contributed by atoms with van der Waals surface area (Å²) in [5.74, 6) is 1.58. The quantitative estimate of drug-likeness (QED) is 0.768. The lowest BCUT2D eigenvalue weighted by atomic mass is 10.2. The summed E-state index contributed by atoms with van der Waals surface area (Å²) in [6, 6.07) is 3.96. The van der Waals surface area contributed by atoms with E-state index >= 15 is 0 Å². The molecule has 1 aromatic heterocycles. The van der Waals surface area contributed by atoms with Gasteiger partial charge in [0.1, 0.15) is 5.75 Å². The van der Waals surface area contributed by atoms with Gasteiger partial charge in [-0.3, -0.25) is 4.98 Å². The molecule has 1 heterocycles. The summed E-state index contributed by atoms with van der Waals surface area (Å²) in [5, 5.41) is 3.39. The van der Waals surface area contributed by atoms with Gasteiger partial charge in [0, 0.05) is 18.8 Å². The molecule has 1 N–H and O–H groups in total. The van der Waals surface area contributed by atoms with Gasteiger partial charge in [-0.15, -0.1) is 0 Å². The van der Waals surface area contributed by atoms with Gasteiger partial charge in [-0.1, -0.05) is 27.2 Å². The third-order valence-electron chi connectivity index (χ3n) is 2.68. The molecule has 1 unspecified atom stereocenters. The Balaban J connectivity index is 2.46. The van der Waals surface area contributed by atoms with Crippen LogP contribution in [0.4, 0.5) is 0 Å². The Hall–Kier alpha value is -1.09. The first-order valence-electron chi connectivity index (χ1n) is 6.94. The highest BCUT2D eigenvalue weighted by Gasteiger charge is 2.04. The van der Waals surface area contributed by atoms with E-state index in [1.807, 2.05) is 18.3 Å². The van der Waals surface area contributed by atoms with Gasteiger partial charge < -0.3 is 10.1 Å². The fourth-order valence-electron chi connectivity index (χ4n) is 1.81. The predicted molar refractivity (Wildman–Crippen MR) is 75.8 cm³/mol. The fourth-order valence-corrected chi connectivity index (χ4v) is 1.81. The molecule has 18 heavy (non-hydrogen) atoms. The van der Waals surface area contributed by atoms with Crippen LogP contribution in [0.2, 0.25) is 0 Å². The van der Waals surface area contributed by atoms with Crippen molar-refractivity contribution >= 4 is 0 Å². The fraction of sp³-hybridized carbons (Fsp3) is 0.667. The lowest BCUT2D eigenvalue weighted by Crippen LogP contribution is -2.19. The summed E-state index contributed by atoms with van der Waals surface area (Å²) in [6.45, 7) is 10.5. The van der Waals surface area contributed by atoms with E-state index in [9.17, 15) is 0 Å². The molecule has 0 saturated carbocycles. The molecular weight excluding hydrogens is 224 g/mol. The first-order chi connectivity index (χ1) is 8.61. The van der Waals surface area contributed by atoms with Gasteiger partial charge in [-0.25, -0.2) is 0 Å². The number of pyridine rings is 1. The van der Waals surface area contributed by atoms with Gasteiger partial charge in [0.15, 0.2) is 0 Å². The number of ether oxygens (including phenoxy) is 1. The Labute approximate surface area is 111 Å². The van der Waals surface area contributed by atoms with E-state index in [1.165, 1.54) is 0 Å². The summed E-state index contributed by atoms with van der Waals surface area (Å²) in [4.78, 5) is 4.35. The summed E-state index contributed by atoms with van der Waals surface area (Å²) < 4.78 is 5.86. The van der Waals surface area contributed by atoms with Crippen LogP contribution in [0.1, 0.15) is 46.2 Å². The molecule has 1 atom stereocenters. The van der Waals surface area contributed by atoms with Crippen molar-refractivity contribution in [2.24, 2.45) is 5.92 Å². The number of nitrogens with one attached hydrogen (secondary N) is 1. The van der Waals surface area contributed by atoms with E-state index < -0.39 is 0 Å². The van der Waals surface area contributed by atoms with Crippen molar-refractivity contribution in [3.8, 4) is 5.75 Å². The predicted octanol–water partition coefficient (Wildman–Crippen LogP) is 3.39. The zero-order valence-electron chi connectivity index (χ0n) is 12.1. The highest BCUT2D eigenvalue weighted by Crippen LogP contribution is 2.14. The van der Waals surface area contributed by atoms with Crippen LogP contribution >= 0.6 is 0 Å². The third-order valence-corrected chi connectivity index (χ3v) is 2.68. The smallest absolute Gasteiger partial charge is 0.123 e. The summed E-state index contributed by atoms with van der Waals surface area (Å²) >= 11 is 0. The lowest BCUT2D eigenvalue weighted by Gasteiger charge is -2.14. The molecule has 0 aliphatic rings. The molecule has 0 aliphatic heterocycles. The SMILES string of the molecule is CCCC(C)Oc1ccnc(CNCC(C)C)c1. The van der Waals surface area contributed by atoms with Gasteiger partial charge in [-0.05, 0) is 31.9 Å². The number of hydrogen-bond donors (Lipinski definition) is 1. The standard InChI is InChI=1S/C15H26N2O/c1-5-6-13(4)18-15-7-8-17-14(9-15)11-16-10-12(2)3/h7-9,12-13,16H,5-6,10-11H2,1-4H3. The molecule has 0 fully saturated rings. The van der Waals surface area contributed by atoms with Crippen LogP contribution in [0.15, 0.2) is 18.3 Å². The van der Waals surface area contributed by atoms with Crippen LogP contribution in [-0.2, 0) is 6.54 Å². The summed E-state index contributed by atoms with van der Waals surface area (Å²) in [5.41, 5.74) is 1.04. The van der Waals surface area contributed by atoms with Crippen molar-refractivity contribution < 1.29 is 4.74 Å². The Bertz CT molecular complexity index is 339. The minimum atomic E-state index is 0.272. The zero-order chi connectivity index (χ0) is 13.4. The van der Waals surface area contributed by atoms with Crippen LogP contribution in [-0.4, -0.2) is 17.6 Å². The molecular formula is C15H26N2O. The molecule has 1 rings (SSSR count). The highest BCUT2D eigenvalue weighted by molar-refractivity contribution is 5.22. The number of hydrogen-bond acceptors (Lipinski definition) is 3. The second-order valence-corrected chi connectivity index (χ2v) is 5.22. The van der Waals surface area contributed by atoms with Gasteiger partial charge >= 0.3 is 0 Å². The van der Waals surface area contributed by atoms with E-state index in [-0.39, 0.29) is 6.10 Å². The second kappa shape index (κ2) is 8.09. The maximum Gasteiger partial charge on any atom is 0.123 e. The van der Waals surface area contributed by atoms with Crippen LogP contribution in [0.3, 0.4) is 0 Å². The molecule has 0 radical (unpaired) electrons. The molecule has 0 bridgehead atoms. The van der Waals surface area contributed by atoms with Gasteiger partial charge in [-0.2, -0.15) is 0 Å². The molecule has 1 aromatic rings. The van der Waals surface area contributed by atoms with E-state index in [0.717, 1.165) is 37.4 Å². The molecule has 3 heteroatoms. The average molecular weight is 250 g/mol. The normalized spacial score (nSPS) is 12.7. The monoisotopic (exact) mass is 250 g/mol. The number of aromatic nitrogens is 1. The molecule has 102 valence electrons. The third kappa shape index (κ3) is 6.01. The van der Waals surface area contributed by atoms with Crippen LogP contribution < -0.4 is 10.1 Å². The van der Waals surface area contributed by atoms with Crippen molar-refractivity contribution in [3.05, 3.63) is 24.0 Å². The van der Waals surface area contributed by atoms with E-state index in [4.69, 9.17) is 4.74 Å². The maximum atomic E-state index is 5.86.